The van der Waals surface area contributed by atoms with Crippen LogP contribution < -0.4 is 5.32 Å². The van der Waals surface area contributed by atoms with Gasteiger partial charge in [-0.05, 0) is 61.4 Å². The SMILES string of the molecule is CCCC(=O)c1ccc(NCc2cn(S(=O)(=O)c3ccc(C)cc3)c3ccccc23)cc1. The zero-order valence-electron chi connectivity index (χ0n) is 18.2. The predicted molar refractivity (Wildman–Crippen MR) is 129 cm³/mol. The Labute approximate surface area is 188 Å². The topological polar surface area (TPSA) is 68.2 Å². The lowest BCUT2D eigenvalue weighted by molar-refractivity contribution is 0.0981. The third-order valence-corrected chi connectivity index (χ3v) is 7.19. The van der Waals surface area contributed by atoms with Gasteiger partial charge in [0.05, 0.1) is 10.4 Å². The maximum atomic E-state index is 13.3. The Bertz CT molecular complexity index is 1350. The summed E-state index contributed by atoms with van der Waals surface area (Å²) in [6.45, 7) is 4.37. The fraction of sp³-hybridized carbons (Fsp3) is 0.192. The van der Waals surface area contributed by atoms with E-state index in [1.165, 1.54) is 3.97 Å². The Kier molecular flexibility index (Phi) is 6.15. The average Bonchev–Trinajstić information content (AvgIpc) is 3.18. The molecule has 0 aliphatic carbocycles. The molecule has 0 amide bonds. The van der Waals surface area contributed by atoms with Crippen LogP contribution in [0.15, 0.2) is 83.9 Å². The Hall–Kier alpha value is -3.38. The quantitative estimate of drug-likeness (QED) is 0.348. The van der Waals surface area contributed by atoms with Crippen molar-refractivity contribution in [2.24, 2.45) is 0 Å². The van der Waals surface area contributed by atoms with E-state index in [4.69, 9.17) is 0 Å². The summed E-state index contributed by atoms with van der Waals surface area (Å²) < 4.78 is 28.0. The highest BCUT2D eigenvalue weighted by Crippen LogP contribution is 2.27. The second kappa shape index (κ2) is 9.01. The van der Waals surface area contributed by atoms with Gasteiger partial charge in [0.15, 0.2) is 5.78 Å². The van der Waals surface area contributed by atoms with E-state index in [9.17, 15) is 13.2 Å². The number of aryl methyl sites for hydroxylation is 1. The molecule has 0 atom stereocenters. The van der Waals surface area contributed by atoms with Crippen LogP contribution in [0.25, 0.3) is 10.9 Å². The van der Waals surface area contributed by atoms with Crippen LogP contribution in [0, 0.1) is 6.92 Å². The largest absolute Gasteiger partial charge is 0.381 e. The highest BCUT2D eigenvalue weighted by Gasteiger charge is 2.21. The molecule has 0 bridgehead atoms. The molecule has 0 saturated heterocycles. The van der Waals surface area contributed by atoms with Crippen molar-refractivity contribution in [3.05, 3.63) is 95.7 Å². The Balaban J connectivity index is 1.62. The molecule has 5 nitrogen and oxygen atoms in total. The van der Waals surface area contributed by atoms with E-state index in [-0.39, 0.29) is 10.7 Å². The number of carbonyl (C=O) groups is 1. The van der Waals surface area contributed by atoms with Gasteiger partial charge in [0.2, 0.25) is 0 Å². The summed E-state index contributed by atoms with van der Waals surface area (Å²) in [6, 6.07) is 21.8. The van der Waals surface area contributed by atoms with Crippen molar-refractivity contribution in [1.29, 1.82) is 0 Å². The molecule has 164 valence electrons. The molecule has 0 radical (unpaired) electrons. The number of ketones is 1. The number of para-hydroxylation sites is 1. The summed E-state index contributed by atoms with van der Waals surface area (Å²) in [5.74, 6) is 0.142. The molecule has 0 unspecified atom stereocenters. The number of hydrogen-bond acceptors (Lipinski definition) is 4. The Morgan fingerprint density at radius 2 is 1.62 bits per heavy atom. The van der Waals surface area contributed by atoms with E-state index in [0.717, 1.165) is 28.6 Å². The molecule has 4 rings (SSSR count). The van der Waals surface area contributed by atoms with Crippen molar-refractivity contribution in [1.82, 2.24) is 3.97 Å². The molecule has 1 heterocycles. The summed E-state index contributed by atoms with van der Waals surface area (Å²) in [5, 5.41) is 4.22. The molecule has 1 aromatic heterocycles. The van der Waals surface area contributed by atoms with E-state index < -0.39 is 10.0 Å². The normalized spacial score (nSPS) is 11.6. The number of benzene rings is 3. The van der Waals surface area contributed by atoms with Crippen LogP contribution in [0.3, 0.4) is 0 Å². The minimum atomic E-state index is -3.71. The van der Waals surface area contributed by atoms with Gasteiger partial charge in [0, 0.05) is 35.8 Å². The number of aromatic nitrogens is 1. The van der Waals surface area contributed by atoms with Crippen molar-refractivity contribution in [2.75, 3.05) is 5.32 Å². The van der Waals surface area contributed by atoms with Gasteiger partial charge in [0.1, 0.15) is 0 Å². The standard InChI is InChI=1S/C26H26N2O3S/c1-3-6-26(29)20-11-13-22(14-12-20)27-17-21-18-28(25-8-5-4-7-24(21)25)32(30,31)23-15-9-19(2)10-16-23/h4-5,7-16,18,27H,3,6,17H2,1-2H3. The van der Waals surface area contributed by atoms with Crippen LogP contribution >= 0.6 is 0 Å². The molecule has 0 spiro atoms. The van der Waals surface area contributed by atoms with Gasteiger partial charge >= 0.3 is 0 Å². The van der Waals surface area contributed by atoms with Gasteiger partial charge in [-0.2, -0.15) is 0 Å². The van der Waals surface area contributed by atoms with E-state index in [1.807, 2.05) is 62.4 Å². The summed E-state index contributed by atoms with van der Waals surface area (Å²) in [4.78, 5) is 12.3. The monoisotopic (exact) mass is 446 g/mol. The third-order valence-electron chi connectivity index (χ3n) is 5.51. The lowest BCUT2D eigenvalue weighted by Gasteiger charge is -2.08. The van der Waals surface area contributed by atoms with E-state index in [0.29, 0.717) is 24.0 Å². The lowest BCUT2D eigenvalue weighted by Crippen LogP contribution is -2.12. The van der Waals surface area contributed by atoms with Crippen molar-refractivity contribution < 1.29 is 13.2 Å². The number of carbonyl (C=O) groups excluding carboxylic acids is 1. The molecule has 6 heteroatoms. The van der Waals surface area contributed by atoms with Gasteiger partial charge in [-0.1, -0.05) is 42.8 Å². The first-order valence-electron chi connectivity index (χ1n) is 10.7. The minimum Gasteiger partial charge on any atom is -0.381 e. The van der Waals surface area contributed by atoms with E-state index in [2.05, 4.69) is 5.32 Å². The fourth-order valence-electron chi connectivity index (χ4n) is 3.72. The molecule has 32 heavy (non-hydrogen) atoms. The van der Waals surface area contributed by atoms with Gasteiger partial charge in [-0.15, -0.1) is 0 Å². The number of fused-ring (bicyclic) bond motifs is 1. The third kappa shape index (κ3) is 4.32. The number of Topliss-reactive ketones (excluding diaryl/α,β-unsaturated/α-hetero) is 1. The predicted octanol–water partition coefficient (Wildman–Crippen LogP) is 5.78. The first-order chi connectivity index (χ1) is 15.4. The number of rotatable bonds is 8. The molecule has 1 N–H and O–H groups in total. The molecule has 3 aromatic carbocycles. The number of nitrogens with zero attached hydrogens (tertiary/aromatic N) is 1. The van der Waals surface area contributed by atoms with Crippen LogP contribution in [-0.4, -0.2) is 18.2 Å². The summed E-state index contributed by atoms with van der Waals surface area (Å²) in [5.41, 5.74) is 4.11. The van der Waals surface area contributed by atoms with E-state index >= 15 is 0 Å². The van der Waals surface area contributed by atoms with Gasteiger partial charge in [-0.25, -0.2) is 12.4 Å². The van der Waals surface area contributed by atoms with E-state index in [1.54, 1.807) is 30.5 Å². The van der Waals surface area contributed by atoms with Gasteiger partial charge in [0.25, 0.3) is 10.0 Å². The van der Waals surface area contributed by atoms with Crippen molar-refractivity contribution in [3.8, 4) is 0 Å². The van der Waals surface area contributed by atoms with Crippen molar-refractivity contribution >= 4 is 32.4 Å². The van der Waals surface area contributed by atoms with Gasteiger partial charge in [-0.3, -0.25) is 4.79 Å². The highest BCUT2D eigenvalue weighted by atomic mass is 32.2. The summed E-state index contributed by atoms with van der Waals surface area (Å²) in [7, 11) is -3.71. The molecular formula is C26H26N2O3S. The van der Waals surface area contributed by atoms with Crippen molar-refractivity contribution in [2.45, 2.75) is 38.1 Å². The zero-order chi connectivity index (χ0) is 22.7. The molecule has 0 saturated carbocycles. The Morgan fingerprint density at radius 3 is 2.31 bits per heavy atom. The second-order valence-corrected chi connectivity index (χ2v) is 9.70. The second-order valence-electron chi connectivity index (χ2n) is 7.89. The van der Waals surface area contributed by atoms with Crippen molar-refractivity contribution in [3.63, 3.8) is 0 Å². The number of anilines is 1. The first kappa shape index (κ1) is 21.8. The van der Waals surface area contributed by atoms with Gasteiger partial charge < -0.3 is 5.32 Å². The smallest absolute Gasteiger partial charge is 0.268 e. The van der Waals surface area contributed by atoms with Crippen LogP contribution in [0.5, 0.6) is 0 Å². The zero-order valence-corrected chi connectivity index (χ0v) is 19.0. The number of nitrogens with one attached hydrogen (secondary N) is 1. The summed E-state index contributed by atoms with van der Waals surface area (Å²) >= 11 is 0. The molecule has 4 aromatic rings. The van der Waals surface area contributed by atoms with Crippen LogP contribution in [-0.2, 0) is 16.6 Å². The fourth-order valence-corrected chi connectivity index (χ4v) is 5.12. The molecule has 0 aliphatic heterocycles. The highest BCUT2D eigenvalue weighted by molar-refractivity contribution is 7.90. The lowest BCUT2D eigenvalue weighted by atomic mass is 10.1. The first-order valence-corrected chi connectivity index (χ1v) is 12.1. The summed E-state index contributed by atoms with van der Waals surface area (Å²) in [6.07, 6.45) is 3.06. The molecule has 0 fully saturated rings. The molecule has 0 aliphatic rings. The van der Waals surface area contributed by atoms with Crippen LogP contribution in [0.4, 0.5) is 5.69 Å². The molecular weight excluding hydrogens is 420 g/mol. The van der Waals surface area contributed by atoms with Crippen LogP contribution in [0.1, 0.15) is 41.3 Å². The minimum absolute atomic E-state index is 0.142. The Morgan fingerprint density at radius 1 is 0.938 bits per heavy atom. The maximum Gasteiger partial charge on any atom is 0.268 e. The number of hydrogen-bond donors (Lipinski definition) is 1. The van der Waals surface area contributed by atoms with Crippen LogP contribution in [0.2, 0.25) is 0 Å². The average molecular weight is 447 g/mol. The maximum absolute atomic E-state index is 13.3.